The van der Waals surface area contributed by atoms with E-state index in [-0.39, 0.29) is 6.54 Å². The Kier molecular flexibility index (Phi) is 3.09. The van der Waals surface area contributed by atoms with Gasteiger partial charge < -0.3 is 14.4 Å². The van der Waals surface area contributed by atoms with Crippen LogP contribution in [0.5, 0.6) is 5.75 Å². The van der Waals surface area contributed by atoms with Gasteiger partial charge in [0.1, 0.15) is 12.3 Å². The molecule has 1 heterocycles. The molecule has 0 saturated carbocycles. The van der Waals surface area contributed by atoms with Crippen LogP contribution in [0.25, 0.3) is 11.3 Å². The number of hydrogen-bond acceptors (Lipinski definition) is 3. The summed E-state index contributed by atoms with van der Waals surface area (Å²) in [6, 6.07) is 7.47. The molecule has 0 aliphatic heterocycles. The monoisotopic (exact) mass is 232 g/mol. The Morgan fingerprint density at radius 1 is 1.47 bits per heavy atom. The smallest absolute Gasteiger partial charge is 0.323 e. The number of carbonyl (C=O) groups is 1. The molecule has 2 aromatic rings. The molecule has 0 spiro atoms. The highest BCUT2D eigenvalue weighted by Gasteiger charge is 2.08. The van der Waals surface area contributed by atoms with Crippen LogP contribution in [-0.2, 0) is 11.3 Å². The number of para-hydroxylation sites is 1. The summed E-state index contributed by atoms with van der Waals surface area (Å²) in [6.45, 7) is -0.0951. The molecule has 0 unspecified atom stereocenters. The molecular formula is C12H12N2O3. The molecule has 88 valence electrons. The number of carboxylic acids is 1. The molecular weight excluding hydrogens is 220 g/mol. The molecule has 0 aliphatic rings. The lowest BCUT2D eigenvalue weighted by atomic mass is 10.1. The second kappa shape index (κ2) is 4.69. The van der Waals surface area contributed by atoms with Crippen LogP contribution >= 0.6 is 0 Å². The lowest BCUT2D eigenvalue weighted by Crippen LogP contribution is -2.06. The van der Waals surface area contributed by atoms with Crippen LogP contribution in [0.15, 0.2) is 36.8 Å². The van der Waals surface area contributed by atoms with Crippen LogP contribution in [0.2, 0.25) is 0 Å². The van der Waals surface area contributed by atoms with Crippen molar-refractivity contribution >= 4 is 5.97 Å². The number of hydrogen-bond donors (Lipinski definition) is 1. The normalized spacial score (nSPS) is 10.2. The number of ether oxygens (including phenoxy) is 1. The van der Waals surface area contributed by atoms with Crippen molar-refractivity contribution in [3.8, 4) is 17.0 Å². The summed E-state index contributed by atoms with van der Waals surface area (Å²) < 4.78 is 6.74. The molecule has 0 radical (unpaired) electrons. The van der Waals surface area contributed by atoms with Crippen LogP contribution in [0.1, 0.15) is 0 Å². The van der Waals surface area contributed by atoms with Crippen molar-refractivity contribution in [2.45, 2.75) is 6.54 Å². The fourth-order valence-electron chi connectivity index (χ4n) is 1.60. The average Bonchev–Trinajstić information content (AvgIpc) is 2.76. The average molecular weight is 232 g/mol. The van der Waals surface area contributed by atoms with Crippen LogP contribution in [0, 0.1) is 0 Å². The first-order valence-corrected chi connectivity index (χ1v) is 5.07. The minimum absolute atomic E-state index is 0.0951. The number of methoxy groups -OCH3 is 1. The van der Waals surface area contributed by atoms with E-state index in [0.29, 0.717) is 11.4 Å². The van der Waals surface area contributed by atoms with E-state index < -0.39 is 5.97 Å². The third kappa shape index (κ3) is 2.44. The number of benzene rings is 1. The molecule has 0 saturated heterocycles. The van der Waals surface area contributed by atoms with Gasteiger partial charge >= 0.3 is 5.97 Å². The molecule has 5 nitrogen and oxygen atoms in total. The zero-order valence-electron chi connectivity index (χ0n) is 9.33. The summed E-state index contributed by atoms with van der Waals surface area (Å²) in [5, 5.41) is 8.67. The quantitative estimate of drug-likeness (QED) is 0.870. The standard InChI is InChI=1S/C12H12N2O3/c1-17-11-5-3-2-4-9(11)10-6-14(8-13-10)7-12(15)16/h2-6,8H,7H2,1H3,(H,15,16). The van der Waals surface area contributed by atoms with Gasteiger partial charge in [-0.15, -0.1) is 0 Å². The Bertz CT molecular complexity index is 534. The van der Waals surface area contributed by atoms with Gasteiger partial charge in [-0.1, -0.05) is 12.1 Å². The van der Waals surface area contributed by atoms with Crippen LogP contribution in [0.3, 0.4) is 0 Å². The molecule has 0 atom stereocenters. The van der Waals surface area contributed by atoms with Gasteiger partial charge in [-0.05, 0) is 12.1 Å². The Labute approximate surface area is 98.3 Å². The van der Waals surface area contributed by atoms with Crippen LogP contribution in [-0.4, -0.2) is 27.7 Å². The summed E-state index contributed by atoms with van der Waals surface area (Å²) in [6.07, 6.45) is 3.18. The van der Waals surface area contributed by atoms with E-state index >= 15 is 0 Å². The number of aliphatic carboxylic acids is 1. The highest BCUT2D eigenvalue weighted by atomic mass is 16.5. The number of rotatable bonds is 4. The van der Waals surface area contributed by atoms with Crippen molar-refractivity contribution in [3.05, 3.63) is 36.8 Å². The van der Waals surface area contributed by atoms with Gasteiger partial charge in [0.15, 0.2) is 0 Å². The lowest BCUT2D eigenvalue weighted by molar-refractivity contribution is -0.137. The van der Waals surface area contributed by atoms with Gasteiger partial charge in [-0.25, -0.2) is 4.98 Å². The molecule has 1 aromatic carbocycles. The SMILES string of the molecule is COc1ccccc1-c1cn(CC(=O)O)cn1. The van der Waals surface area contributed by atoms with E-state index in [1.807, 2.05) is 24.3 Å². The molecule has 0 aliphatic carbocycles. The summed E-state index contributed by atoms with van der Waals surface area (Å²) in [5.41, 5.74) is 1.54. The van der Waals surface area contributed by atoms with Crippen molar-refractivity contribution in [1.29, 1.82) is 0 Å². The zero-order chi connectivity index (χ0) is 12.3. The minimum Gasteiger partial charge on any atom is -0.496 e. The predicted octanol–water partition coefficient (Wildman–Crippen LogP) is 1.64. The van der Waals surface area contributed by atoms with E-state index in [0.717, 1.165) is 5.56 Å². The lowest BCUT2D eigenvalue weighted by Gasteiger charge is -2.04. The second-order valence-corrected chi connectivity index (χ2v) is 3.53. The molecule has 5 heteroatoms. The fourth-order valence-corrected chi connectivity index (χ4v) is 1.60. The molecule has 0 fully saturated rings. The van der Waals surface area contributed by atoms with Gasteiger partial charge in [0.05, 0.1) is 19.1 Å². The first-order valence-electron chi connectivity index (χ1n) is 5.07. The first-order chi connectivity index (χ1) is 8.20. The Hall–Kier alpha value is -2.30. The molecule has 1 N–H and O–H groups in total. The maximum Gasteiger partial charge on any atom is 0.323 e. The summed E-state index contributed by atoms with van der Waals surface area (Å²) >= 11 is 0. The van der Waals surface area contributed by atoms with E-state index in [4.69, 9.17) is 9.84 Å². The molecule has 2 rings (SSSR count). The molecule has 1 aromatic heterocycles. The van der Waals surface area contributed by atoms with E-state index in [1.54, 1.807) is 13.3 Å². The first kappa shape index (κ1) is 11.2. The van der Waals surface area contributed by atoms with E-state index in [9.17, 15) is 4.79 Å². The van der Waals surface area contributed by atoms with Crippen molar-refractivity contribution < 1.29 is 14.6 Å². The number of carboxylic acid groups (broad SMARTS) is 1. The summed E-state index contributed by atoms with van der Waals surface area (Å²) in [4.78, 5) is 14.7. The third-order valence-corrected chi connectivity index (χ3v) is 2.33. The molecule has 0 bridgehead atoms. The third-order valence-electron chi connectivity index (χ3n) is 2.33. The Balaban J connectivity index is 2.33. The van der Waals surface area contributed by atoms with Crippen molar-refractivity contribution in [2.24, 2.45) is 0 Å². The van der Waals surface area contributed by atoms with Gasteiger partial charge in [0.25, 0.3) is 0 Å². The maximum absolute atomic E-state index is 10.6. The van der Waals surface area contributed by atoms with Gasteiger partial charge in [-0.2, -0.15) is 0 Å². The number of nitrogens with zero attached hydrogens (tertiary/aromatic N) is 2. The highest BCUT2D eigenvalue weighted by Crippen LogP contribution is 2.27. The second-order valence-electron chi connectivity index (χ2n) is 3.53. The molecule has 0 amide bonds. The number of imidazole rings is 1. The largest absolute Gasteiger partial charge is 0.496 e. The van der Waals surface area contributed by atoms with Gasteiger partial charge in [0.2, 0.25) is 0 Å². The maximum atomic E-state index is 10.6. The van der Waals surface area contributed by atoms with Crippen molar-refractivity contribution in [2.75, 3.05) is 7.11 Å². The van der Waals surface area contributed by atoms with Gasteiger partial charge in [-0.3, -0.25) is 4.79 Å². The minimum atomic E-state index is -0.894. The Morgan fingerprint density at radius 3 is 2.94 bits per heavy atom. The van der Waals surface area contributed by atoms with Crippen LogP contribution in [0.4, 0.5) is 0 Å². The van der Waals surface area contributed by atoms with Gasteiger partial charge in [0, 0.05) is 11.8 Å². The fraction of sp³-hybridized carbons (Fsp3) is 0.167. The van der Waals surface area contributed by atoms with Crippen molar-refractivity contribution in [3.63, 3.8) is 0 Å². The Morgan fingerprint density at radius 2 is 2.24 bits per heavy atom. The predicted molar refractivity (Wildman–Crippen MR) is 61.9 cm³/mol. The summed E-state index contributed by atoms with van der Waals surface area (Å²) in [7, 11) is 1.59. The topological polar surface area (TPSA) is 64.3 Å². The van der Waals surface area contributed by atoms with E-state index in [1.165, 1.54) is 10.9 Å². The van der Waals surface area contributed by atoms with E-state index in [2.05, 4.69) is 4.98 Å². The summed E-state index contributed by atoms with van der Waals surface area (Å²) in [5.74, 6) is -0.179. The zero-order valence-corrected chi connectivity index (χ0v) is 9.33. The highest BCUT2D eigenvalue weighted by molar-refractivity contribution is 5.68. The molecule has 17 heavy (non-hydrogen) atoms. The van der Waals surface area contributed by atoms with Crippen LogP contribution < -0.4 is 4.74 Å². The number of aromatic nitrogens is 2. The van der Waals surface area contributed by atoms with Crippen molar-refractivity contribution in [1.82, 2.24) is 9.55 Å².